The summed E-state index contributed by atoms with van der Waals surface area (Å²) in [6.45, 7) is 6.07. The second kappa shape index (κ2) is 9.32. The quantitative estimate of drug-likeness (QED) is 0.643. The van der Waals surface area contributed by atoms with Crippen molar-refractivity contribution in [2.75, 3.05) is 16.2 Å². The van der Waals surface area contributed by atoms with Crippen molar-refractivity contribution in [3.05, 3.63) is 58.1 Å². The van der Waals surface area contributed by atoms with Gasteiger partial charge >= 0.3 is 6.03 Å². The highest BCUT2D eigenvalue weighted by Crippen LogP contribution is 2.27. The summed E-state index contributed by atoms with van der Waals surface area (Å²) in [6, 6.07) is 9.13. The third-order valence-corrected chi connectivity index (χ3v) is 7.33. The summed E-state index contributed by atoms with van der Waals surface area (Å²) < 4.78 is 28.1. The van der Waals surface area contributed by atoms with Crippen LogP contribution in [0.2, 0.25) is 5.02 Å². The highest BCUT2D eigenvalue weighted by molar-refractivity contribution is 7.95. The Morgan fingerprint density at radius 3 is 2.27 bits per heavy atom. The van der Waals surface area contributed by atoms with E-state index in [4.69, 9.17) is 11.6 Å². The molecule has 1 unspecified atom stereocenters. The van der Waals surface area contributed by atoms with E-state index in [1.807, 2.05) is 18.3 Å². The second-order valence-electron chi connectivity index (χ2n) is 7.86. The predicted molar refractivity (Wildman–Crippen MR) is 127 cm³/mol. The molecule has 0 saturated heterocycles. The Kier molecular flexibility index (Phi) is 6.89. The number of aryl methyl sites for hydroxylation is 3. The first-order valence-electron chi connectivity index (χ1n) is 9.94. The minimum absolute atomic E-state index is 0.180. The molecule has 1 aliphatic rings. The van der Waals surface area contributed by atoms with Crippen LogP contribution in [0.25, 0.3) is 0 Å². The fraction of sp³-hybridized carbons (Fsp3) is 0.273. The molecule has 0 bridgehead atoms. The summed E-state index contributed by atoms with van der Waals surface area (Å²) in [5, 5.41) is 3.07. The highest BCUT2D eigenvalue weighted by atomic mass is 35.5. The predicted octanol–water partition coefficient (Wildman–Crippen LogP) is 3.12. The number of carbonyl (C=O) groups is 3. The molecule has 1 heterocycles. The number of urea groups is 1. The van der Waals surface area contributed by atoms with E-state index in [1.54, 1.807) is 44.2 Å². The minimum Gasteiger partial charge on any atom is -0.323 e. The Morgan fingerprint density at radius 1 is 1.06 bits per heavy atom. The third kappa shape index (κ3) is 5.40. The molecule has 2 N–H and O–H groups in total. The highest BCUT2D eigenvalue weighted by Gasteiger charge is 2.43. The van der Waals surface area contributed by atoms with Crippen molar-refractivity contribution in [3.63, 3.8) is 0 Å². The second-order valence-corrected chi connectivity index (χ2v) is 10.2. The van der Waals surface area contributed by atoms with Gasteiger partial charge in [-0.3, -0.25) is 19.2 Å². The van der Waals surface area contributed by atoms with Crippen molar-refractivity contribution in [1.29, 1.82) is 0 Å². The summed E-state index contributed by atoms with van der Waals surface area (Å²) in [5.41, 5.74) is 2.77. The smallest absolute Gasteiger partial charge is 0.323 e. The lowest BCUT2D eigenvalue weighted by Gasteiger charge is -2.29. The van der Waals surface area contributed by atoms with Crippen LogP contribution in [0.5, 0.6) is 0 Å². The molecule has 174 valence electrons. The van der Waals surface area contributed by atoms with E-state index >= 15 is 0 Å². The average Bonchev–Trinajstić information content (AvgIpc) is 2.66. The standard InChI is InChI=1S/C22H23ClN4O5S/c1-12-5-6-18(17(23)10-12)25-19(28)11-27(16-8-13(2)7-14(3)9-16)33(31,32)20-15(4)24-22(30)26-21(20)29/h5-10,20H,11H2,1-4H3,(H,25,28)(H,26,29,30). The summed E-state index contributed by atoms with van der Waals surface area (Å²) in [6.07, 6.45) is 0. The van der Waals surface area contributed by atoms with Crippen molar-refractivity contribution < 1.29 is 22.8 Å². The van der Waals surface area contributed by atoms with Crippen LogP contribution in [0, 0.1) is 20.8 Å². The minimum atomic E-state index is -4.49. The van der Waals surface area contributed by atoms with Crippen molar-refractivity contribution in [1.82, 2.24) is 5.32 Å². The van der Waals surface area contributed by atoms with Gasteiger partial charge in [0.25, 0.3) is 15.9 Å². The zero-order valence-corrected chi connectivity index (χ0v) is 20.0. The van der Waals surface area contributed by atoms with Gasteiger partial charge in [-0.25, -0.2) is 18.2 Å². The lowest BCUT2D eigenvalue weighted by atomic mass is 10.1. The monoisotopic (exact) mass is 490 g/mol. The number of benzene rings is 2. The lowest BCUT2D eigenvalue weighted by Crippen LogP contribution is -2.55. The van der Waals surface area contributed by atoms with Gasteiger partial charge in [-0.05, 0) is 68.7 Å². The maximum atomic E-state index is 13.6. The molecule has 2 aromatic rings. The largest absolute Gasteiger partial charge is 0.347 e. The average molecular weight is 491 g/mol. The van der Waals surface area contributed by atoms with Crippen LogP contribution in [0.4, 0.5) is 16.2 Å². The molecular weight excluding hydrogens is 468 g/mol. The first kappa shape index (κ1) is 24.4. The molecule has 0 aliphatic carbocycles. The van der Waals surface area contributed by atoms with Gasteiger partial charge in [0.1, 0.15) is 6.54 Å². The Hall–Kier alpha value is -3.24. The number of anilines is 2. The number of imide groups is 1. The van der Waals surface area contributed by atoms with Gasteiger partial charge in [0.2, 0.25) is 5.91 Å². The fourth-order valence-electron chi connectivity index (χ4n) is 3.55. The molecule has 0 spiro atoms. The molecule has 11 heteroatoms. The van der Waals surface area contributed by atoms with Crippen molar-refractivity contribution in [2.24, 2.45) is 4.99 Å². The van der Waals surface area contributed by atoms with E-state index < -0.39 is 39.7 Å². The molecule has 1 atom stereocenters. The van der Waals surface area contributed by atoms with Crippen LogP contribution >= 0.6 is 11.6 Å². The van der Waals surface area contributed by atoms with E-state index in [2.05, 4.69) is 10.3 Å². The zero-order chi connectivity index (χ0) is 24.5. The molecule has 4 amide bonds. The SMILES string of the molecule is CC1=NC(=O)NC(=O)C1S(=O)(=O)N(CC(=O)Nc1ccc(C)cc1Cl)c1cc(C)cc(C)c1. The molecule has 0 saturated carbocycles. The number of rotatable bonds is 6. The number of hydrogen-bond donors (Lipinski definition) is 2. The molecular formula is C22H23ClN4O5S. The fourth-order valence-corrected chi connectivity index (χ4v) is 5.60. The van der Waals surface area contributed by atoms with Crippen molar-refractivity contribution in [2.45, 2.75) is 32.9 Å². The maximum absolute atomic E-state index is 13.6. The Bertz CT molecular complexity index is 1270. The molecule has 0 fully saturated rings. The van der Waals surface area contributed by atoms with E-state index in [9.17, 15) is 22.8 Å². The van der Waals surface area contributed by atoms with Gasteiger partial charge in [0.05, 0.1) is 22.1 Å². The third-order valence-electron chi connectivity index (χ3n) is 4.91. The topological polar surface area (TPSA) is 125 Å². The van der Waals surface area contributed by atoms with Gasteiger partial charge in [0, 0.05) is 0 Å². The van der Waals surface area contributed by atoms with Crippen LogP contribution in [-0.2, 0) is 19.6 Å². The molecule has 0 aromatic heterocycles. The van der Waals surface area contributed by atoms with Crippen LogP contribution < -0.4 is 14.9 Å². The number of carbonyl (C=O) groups excluding carboxylic acids is 3. The van der Waals surface area contributed by atoms with Gasteiger partial charge in [-0.15, -0.1) is 0 Å². The number of aliphatic imine (C=N–C) groups is 1. The first-order chi connectivity index (χ1) is 15.4. The molecule has 2 aromatic carbocycles. The van der Waals surface area contributed by atoms with Crippen LogP contribution in [0.1, 0.15) is 23.6 Å². The molecule has 1 aliphatic heterocycles. The zero-order valence-electron chi connectivity index (χ0n) is 18.5. The van der Waals surface area contributed by atoms with Crippen LogP contribution in [0.15, 0.2) is 41.4 Å². The Morgan fingerprint density at radius 2 is 1.70 bits per heavy atom. The normalized spacial score (nSPS) is 16.2. The Labute approximate surface area is 196 Å². The summed E-state index contributed by atoms with van der Waals surface area (Å²) in [4.78, 5) is 40.4. The number of nitrogens with one attached hydrogen (secondary N) is 2. The molecule has 3 rings (SSSR count). The van der Waals surface area contributed by atoms with Crippen molar-refractivity contribution >= 4 is 56.6 Å². The number of hydrogen-bond acceptors (Lipinski definition) is 5. The molecule has 9 nitrogen and oxygen atoms in total. The summed E-state index contributed by atoms with van der Waals surface area (Å²) in [5.74, 6) is -1.69. The van der Waals surface area contributed by atoms with Gasteiger partial charge in [0.15, 0.2) is 5.25 Å². The van der Waals surface area contributed by atoms with Crippen LogP contribution in [0.3, 0.4) is 0 Å². The maximum Gasteiger partial charge on any atom is 0.347 e. The number of halogens is 1. The van der Waals surface area contributed by atoms with E-state index in [1.165, 1.54) is 6.92 Å². The molecule has 33 heavy (non-hydrogen) atoms. The molecule has 0 radical (unpaired) electrons. The first-order valence-corrected chi connectivity index (χ1v) is 11.8. The number of amides is 4. The van der Waals surface area contributed by atoms with Crippen LogP contribution in [-0.4, -0.2) is 43.8 Å². The van der Waals surface area contributed by atoms with E-state index in [-0.39, 0.29) is 11.4 Å². The van der Waals surface area contributed by atoms with Gasteiger partial charge < -0.3 is 5.32 Å². The summed E-state index contributed by atoms with van der Waals surface area (Å²) in [7, 11) is -4.49. The number of nitrogens with zero attached hydrogens (tertiary/aromatic N) is 2. The van der Waals surface area contributed by atoms with E-state index in [0.717, 1.165) is 21.0 Å². The van der Waals surface area contributed by atoms with Gasteiger partial charge in [-0.1, -0.05) is 23.7 Å². The number of sulfonamides is 1. The summed E-state index contributed by atoms with van der Waals surface area (Å²) >= 11 is 6.19. The van der Waals surface area contributed by atoms with Crippen molar-refractivity contribution in [3.8, 4) is 0 Å². The van der Waals surface area contributed by atoms with Gasteiger partial charge in [-0.2, -0.15) is 0 Å². The van der Waals surface area contributed by atoms with E-state index in [0.29, 0.717) is 10.7 Å². The Balaban J connectivity index is 2.03. The lowest BCUT2D eigenvalue weighted by molar-refractivity contribution is -0.119.